The first kappa shape index (κ1) is 21.4. The summed E-state index contributed by atoms with van der Waals surface area (Å²) < 4.78 is 0. The van der Waals surface area contributed by atoms with E-state index in [2.05, 4.69) is 6.92 Å². The third-order valence-electron chi connectivity index (χ3n) is 4.15. The number of unbranched alkanes of at least 4 members (excludes halogenated alkanes) is 7. The van der Waals surface area contributed by atoms with Crippen molar-refractivity contribution in [2.24, 2.45) is 0 Å². The Kier molecular flexibility index (Phi) is 14.9. The van der Waals surface area contributed by atoms with Gasteiger partial charge in [-0.1, -0.05) is 58.3 Å². The third-order valence-corrected chi connectivity index (χ3v) is 4.15. The Balaban J connectivity index is 3.27. The van der Waals surface area contributed by atoms with E-state index in [0.717, 1.165) is 64.2 Å². The van der Waals surface area contributed by atoms with E-state index in [1.165, 1.54) is 6.42 Å². The number of rotatable bonds is 16. The Morgan fingerprint density at radius 3 is 1.68 bits per heavy atom. The van der Waals surface area contributed by atoms with Crippen molar-refractivity contribution in [2.75, 3.05) is 0 Å². The Hall–Kier alpha value is -0.610. The molecule has 0 aliphatic carbocycles. The molecule has 0 aliphatic heterocycles. The highest BCUT2D eigenvalue weighted by Crippen LogP contribution is 2.14. The second-order valence-electron chi connectivity index (χ2n) is 6.43. The molecule has 0 amide bonds. The minimum Gasteiger partial charge on any atom is -0.481 e. The van der Waals surface area contributed by atoms with Crippen LogP contribution in [-0.2, 0) is 4.79 Å². The van der Waals surface area contributed by atoms with Crippen molar-refractivity contribution in [3.63, 3.8) is 0 Å². The molecule has 0 aromatic carbocycles. The van der Waals surface area contributed by atoms with E-state index >= 15 is 0 Å². The highest BCUT2D eigenvalue weighted by atomic mass is 16.4. The molecule has 22 heavy (non-hydrogen) atoms. The first-order chi connectivity index (χ1) is 10.6. The first-order valence-corrected chi connectivity index (χ1v) is 9.14. The van der Waals surface area contributed by atoms with Gasteiger partial charge in [-0.3, -0.25) is 4.79 Å². The van der Waals surface area contributed by atoms with E-state index in [1.54, 1.807) is 0 Å². The van der Waals surface area contributed by atoms with Crippen molar-refractivity contribution in [1.29, 1.82) is 0 Å². The lowest BCUT2D eigenvalue weighted by Crippen LogP contribution is -2.13. The number of carbonyl (C=O) groups is 1. The van der Waals surface area contributed by atoms with Crippen molar-refractivity contribution in [1.82, 2.24) is 0 Å². The Bertz CT molecular complexity index is 255. The number of carboxylic acids is 1. The SMILES string of the molecule is CCCCC(O)CCC(O)CCCCCCCCCC(=O)O. The summed E-state index contributed by atoms with van der Waals surface area (Å²) in [6, 6.07) is 0. The van der Waals surface area contributed by atoms with Crippen molar-refractivity contribution in [2.45, 2.75) is 109 Å². The van der Waals surface area contributed by atoms with Gasteiger partial charge in [-0.2, -0.15) is 0 Å². The fraction of sp³-hybridized carbons (Fsp3) is 0.944. The molecule has 0 heterocycles. The Morgan fingerprint density at radius 1 is 0.727 bits per heavy atom. The summed E-state index contributed by atoms with van der Waals surface area (Å²) in [5.41, 5.74) is 0. The maximum atomic E-state index is 10.3. The molecule has 4 heteroatoms. The van der Waals surface area contributed by atoms with Crippen LogP contribution in [0.4, 0.5) is 0 Å². The van der Waals surface area contributed by atoms with Gasteiger partial charge in [-0.05, 0) is 32.1 Å². The Labute approximate surface area is 135 Å². The highest BCUT2D eigenvalue weighted by Gasteiger charge is 2.08. The fourth-order valence-electron chi connectivity index (χ4n) is 2.65. The van der Waals surface area contributed by atoms with Gasteiger partial charge in [-0.15, -0.1) is 0 Å². The molecule has 0 saturated heterocycles. The third kappa shape index (κ3) is 15.8. The second kappa shape index (κ2) is 15.3. The van der Waals surface area contributed by atoms with Gasteiger partial charge in [-0.25, -0.2) is 0 Å². The van der Waals surface area contributed by atoms with Crippen LogP contribution in [-0.4, -0.2) is 33.5 Å². The molecule has 2 atom stereocenters. The van der Waals surface area contributed by atoms with Gasteiger partial charge in [0.15, 0.2) is 0 Å². The van der Waals surface area contributed by atoms with Crippen LogP contribution in [0.15, 0.2) is 0 Å². The molecule has 132 valence electrons. The smallest absolute Gasteiger partial charge is 0.303 e. The van der Waals surface area contributed by atoms with Gasteiger partial charge in [0.25, 0.3) is 0 Å². The van der Waals surface area contributed by atoms with Gasteiger partial charge < -0.3 is 15.3 Å². The number of carboxylic acid groups (broad SMARTS) is 1. The van der Waals surface area contributed by atoms with Gasteiger partial charge in [0.2, 0.25) is 0 Å². The summed E-state index contributed by atoms with van der Waals surface area (Å²) in [5.74, 6) is -0.700. The molecule has 0 saturated carbocycles. The minimum absolute atomic E-state index is 0.250. The van der Waals surface area contributed by atoms with E-state index in [0.29, 0.717) is 12.8 Å². The standard InChI is InChI=1S/C18H36O4/c1-2-3-11-16(19)14-15-17(20)12-9-7-5-4-6-8-10-13-18(21)22/h16-17,19-20H,2-15H2,1H3,(H,21,22). The molecule has 0 bridgehead atoms. The van der Waals surface area contributed by atoms with Crippen LogP contribution in [0.5, 0.6) is 0 Å². The van der Waals surface area contributed by atoms with Crippen LogP contribution in [0.25, 0.3) is 0 Å². The van der Waals surface area contributed by atoms with Crippen LogP contribution in [0, 0.1) is 0 Å². The van der Waals surface area contributed by atoms with E-state index < -0.39 is 5.97 Å². The number of hydrogen-bond donors (Lipinski definition) is 3. The number of aliphatic hydroxyl groups excluding tert-OH is 2. The van der Waals surface area contributed by atoms with Crippen LogP contribution in [0.2, 0.25) is 0 Å². The summed E-state index contributed by atoms with van der Waals surface area (Å²) >= 11 is 0. The number of aliphatic hydroxyl groups is 2. The monoisotopic (exact) mass is 316 g/mol. The van der Waals surface area contributed by atoms with Crippen LogP contribution in [0.3, 0.4) is 0 Å². The molecule has 0 rings (SSSR count). The largest absolute Gasteiger partial charge is 0.481 e. The van der Waals surface area contributed by atoms with E-state index in [9.17, 15) is 15.0 Å². The molecule has 2 unspecified atom stereocenters. The predicted octanol–water partition coefficient (Wildman–Crippen LogP) is 4.27. The van der Waals surface area contributed by atoms with Crippen molar-refractivity contribution in [3.8, 4) is 0 Å². The molecule has 0 aromatic rings. The van der Waals surface area contributed by atoms with Gasteiger partial charge in [0.1, 0.15) is 0 Å². The van der Waals surface area contributed by atoms with Crippen LogP contribution < -0.4 is 0 Å². The summed E-state index contributed by atoms with van der Waals surface area (Å²) in [6.07, 6.45) is 12.4. The zero-order valence-electron chi connectivity index (χ0n) is 14.3. The number of hydrogen-bond acceptors (Lipinski definition) is 3. The zero-order chi connectivity index (χ0) is 16.6. The average molecular weight is 316 g/mol. The molecular weight excluding hydrogens is 280 g/mol. The molecule has 0 aliphatic rings. The first-order valence-electron chi connectivity index (χ1n) is 9.14. The zero-order valence-corrected chi connectivity index (χ0v) is 14.3. The van der Waals surface area contributed by atoms with Crippen LogP contribution >= 0.6 is 0 Å². The molecule has 0 spiro atoms. The molecular formula is C18H36O4. The molecule has 0 radical (unpaired) electrons. The van der Waals surface area contributed by atoms with Crippen LogP contribution in [0.1, 0.15) is 96.8 Å². The average Bonchev–Trinajstić information content (AvgIpc) is 2.48. The Morgan fingerprint density at radius 2 is 1.18 bits per heavy atom. The lowest BCUT2D eigenvalue weighted by molar-refractivity contribution is -0.137. The molecule has 0 fully saturated rings. The predicted molar refractivity (Wildman–Crippen MR) is 90.0 cm³/mol. The van der Waals surface area contributed by atoms with Gasteiger partial charge >= 0.3 is 5.97 Å². The highest BCUT2D eigenvalue weighted by molar-refractivity contribution is 5.66. The molecule has 0 aromatic heterocycles. The fourth-order valence-corrected chi connectivity index (χ4v) is 2.65. The molecule has 4 nitrogen and oxygen atoms in total. The lowest BCUT2D eigenvalue weighted by Gasteiger charge is -2.14. The summed E-state index contributed by atoms with van der Waals surface area (Å²) in [7, 11) is 0. The second-order valence-corrected chi connectivity index (χ2v) is 6.43. The number of aliphatic carboxylic acids is 1. The van der Waals surface area contributed by atoms with E-state index in [-0.39, 0.29) is 18.6 Å². The maximum Gasteiger partial charge on any atom is 0.303 e. The van der Waals surface area contributed by atoms with Gasteiger partial charge in [0, 0.05) is 6.42 Å². The minimum atomic E-state index is -0.700. The quantitative estimate of drug-likeness (QED) is 0.371. The van der Waals surface area contributed by atoms with Crippen molar-refractivity contribution < 1.29 is 20.1 Å². The lowest BCUT2D eigenvalue weighted by atomic mass is 10.0. The molecule has 3 N–H and O–H groups in total. The summed E-state index contributed by atoms with van der Waals surface area (Å²) in [4.78, 5) is 10.3. The van der Waals surface area contributed by atoms with E-state index in [1.807, 2.05) is 0 Å². The summed E-state index contributed by atoms with van der Waals surface area (Å²) in [5, 5.41) is 28.1. The van der Waals surface area contributed by atoms with E-state index in [4.69, 9.17) is 5.11 Å². The van der Waals surface area contributed by atoms with Crippen molar-refractivity contribution >= 4 is 5.97 Å². The van der Waals surface area contributed by atoms with Gasteiger partial charge in [0.05, 0.1) is 12.2 Å². The normalized spacial score (nSPS) is 14.0. The van der Waals surface area contributed by atoms with Crippen molar-refractivity contribution in [3.05, 3.63) is 0 Å². The maximum absolute atomic E-state index is 10.3. The summed E-state index contributed by atoms with van der Waals surface area (Å²) in [6.45, 7) is 2.12. The topological polar surface area (TPSA) is 77.8 Å².